The van der Waals surface area contributed by atoms with Crippen molar-refractivity contribution in [3.63, 3.8) is 0 Å². The molecule has 0 aliphatic heterocycles. The van der Waals surface area contributed by atoms with Crippen LogP contribution in [0.2, 0.25) is 0 Å². The van der Waals surface area contributed by atoms with E-state index in [0.29, 0.717) is 0 Å². The van der Waals surface area contributed by atoms with Gasteiger partial charge in [0.2, 0.25) is 0 Å². The number of imidazole rings is 1. The van der Waals surface area contributed by atoms with Crippen molar-refractivity contribution in [2.75, 3.05) is 0 Å². The molecule has 1 aliphatic rings. The first-order valence-corrected chi connectivity index (χ1v) is 7.42. The zero-order valence-electron chi connectivity index (χ0n) is 12.0. The van der Waals surface area contributed by atoms with Gasteiger partial charge in [0.1, 0.15) is 11.9 Å². The van der Waals surface area contributed by atoms with Gasteiger partial charge in [0.05, 0.1) is 0 Å². The molecule has 0 saturated heterocycles. The summed E-state index contributed by atoms with van der Waals surface area (Å²) >= 11 is 0. The fourth-order valence-corrected chi connectivity index (χ4v) is 3.10. The number of rotatable bonds is 5. The van der Waals surface area contributed by atoms with Gasteiger partial charge in [-0.05, 0) is 42.4 Å². The Bertz CT molecular complexity index is 588. The summed E-state index contributed by atoms with van der Waals surface area (Å²) in [6.45, 7) is 3.14. The zero-order valence-corrected chi connectivity index (χ0v) is 12.0. The molecule has 1 unspecified atom stereocenters. The van der Waals surface area contributed by atoms with Crippen molar-refractivity contribution in [2.24, 2.45) is 5.84 Å². The second kappa shape index (κ2) is 5.77. The molecule has 20 heavy (non-hydrogen) atoms. The molecule has 0 fully saturated rings. The fourth-order valence-electron chi connectivity index (χ4n) is 3.10. The number of aryl methyl sites for hydroxylation is 3. The maximum atomic E-state index is 5.80. The lowest BCUT2D eigenvalue weighted by Gasteiger charge is -2.18. The molecule has 1 heterocycles. The summed E-state index contributed by atoms with van der Waals surface area (Å²) in [7, 11) is 0. The van der Waals surface area contributed by atoms with Crippen LogP contribution in [0.25, 0.3) is 0 Å². The molecule has 4 heteroatoms. The predicted molar refractivity (Wildman–Crippen MR) is 80.2 cm³/mol. The Morgan fingerprint density at radius 2 is 2.20 bits per heavy atom. The summed E-state index contributed by atoms with van der Waals surface area (Å²) in [5.41, 5.74) is 7.09. The van der Waals surface area contributed by atoms with E-state index in [1.807, 2.05) is 12.4 Å². The minimum Gasteiger partial charge on any atom is -0.333 e. The highest BCUT2D eigenvalue weighted by Crippen LogP contribution is 2.27. The Hall–Kier alpha value is -1.65. The van der Waals surface area contributed by atoms with Gasteiger partial charge >= 0.3 is 0 Å². The number of nitrogens with two attached hydrogens (primary N) is 1. The minimum atomic E-state index is -0.0394. The van der Waals surface area contributed by atoms with E-state index < -0.39 is 0 Å². The molecule has 3 rings (SSSR count). The van der Waals surface area contributed by atoms with E-state index in [1.54, 1.807) is 0 Å². The lowest BCUT2D eigenvalue weighted by Crippen LogP contribution is -2.31. The lowest BCUT2D eigenvalue weighted by atomic mass is 10.0. The molecular formula is C16H22N4. The summed E-state index contributed by atoms with van der Waals surface area (Å²) < 4.78 is 2.18. The van der Waals surface area contributed by atoms with Crippen molar-refractivity contribution in [3.05, 3.63) is 53.1 Å². The van der Waals surface area contributed by atoms with Crippen LogP contribution in [0.15, 0.2) is 30.6 Å². The first-order valence-electron chi connectivity index (χ1n) is 7.42. The minimum absolute atomic E-state index is 0.0394. The molecule has 0 radical (unpaired) electrons. The number of hydrogen-bond donors (Lipinski definition) is 2. The molecule has 0 bridgehead atoms. The van der Waals surface area contributed by atoms with Gasteiger partial charge in [0.15, 0.2) is 0 Å². The van der Waals surface area contributed by atoms with Crippen LogP contribution in [0.4, 0.5) is 0 Å². The zero-order chi connectivity index (χ0) is 13.9. The van der Waals surface area contributed by atoms with E-state index in [9.17, 15) is 0 Å². The highest BCUT2D eigenvalue weighted by molar-refractivity contribution is 5.38. The molecule has 1 aliphatic carbocycles. The quantitative estimate of drug-likeness (QED) is 0.647. The molecule has 0 spiro atoms. The first-order chi connectivity index (χ1) is 9.83. The summed E-state index contributed by atoms with van der Waals surface area (Å²) in [6, 6.07) is 6.68. The second-order valence-electron chi connectivity index (χ2n) is 5.46. The normalized spacial score (nSPS) is 15.3. The van der Waals surface area contributed by atoms with Crippen LogP contribution in [0.5, 0.6) is 0 Å². The Labute approximate surface area is 120 Å². The van der Waals surface area contributed by atoms with Gasteiger partial charge in [-0.15, -0.1) is 0 Å². The van der Waals surface area contributed by atoms with E-state index in [0.717, 1.165) is 18.8 Å². The number of benzene rings is 1. The Morgan fingerprint density at radius 3 is 3.00 bits per heavy atom. The van der Waals surface area contributed by atoms with Crippen LogP contribution in [-0.2, 0) is 19.4 Å². The van der Waals surface area contributed by atoms with Crippen molar-refractivity contribution in [1.29, 1.82) is 0 Å². The summed E-state index contributed by atoms with van der Waals surface area (Å²) in [4.78, 5) is 4.50. The third-order valence-electron chi connectivity index (χ3n) is 4.09. The Balaban J connectivity index is 1.95. The number of nitrogens with zero attached hydrogens (tertiary/aromatic N) is 2. The van der Waals surface area contributed by atoms with Crippen molar-refractivity contribution in [2.45, 2.75) is 45.2 Å². The molecule has 2 aromatic rings. The number of fused-ring (bicyclic) bond motifs is 1. The summed E-state index contributed by atoms with van der Waals surface area (Å²) in [6.07, 6.45) is 8.62. The van der Waals surface area contributed by atoms with Crippen LogP contribution < -0.4 is 11.3 Å². The van der Waals surface area contributed by atoms with Gasteiger partial charge < -0.3 is 4.57 Å². The Morgan fingerprint density at radius 1 is 1.35 bits per heavy atom. The molecule has 3 N–H and O–H groups in total. The molecule has 4 nitrogen and oxygen atoms in total. The molecule has 0 saturated carbocycles. The molecule has 106 valence electrons. The first kappa shape index (κ1) is 13.3. The molecule has 0 amide bonds. The highest BCUT2D eigenvalue weighted by Gasteiger charge is 2.20. The van der Waals surface area contributed by atoms with Crippen molar-refractivity contribution in [1.82, 2.24) is 15.0 Å². The van der Waals surface area contributed by atoms with Gasteiger partial charge in [0.25, 0.3) is 0 Å². The topological polar surface area (TPSA) is 55.9 Å². The van der Waals surface area contributed by atoms with Crippen LogP contribution >= 0.6 is 0 Å². The van der Waals surface area contributed by atoms with Crippen LogP contribution in [0, 0.1) is 0 Å². The smallest absolute Gasteiger partial charge is 0.131 e. The Kier molecular flexibility index (Phi) is 3.85. The van der Waals surface area contributed by atoms with Crippen molar-refractivity contribution in [3.8, 4) is 0 Å². The predicted octanol–water partition coefficient (Wildman–Crippen LogP) is 2.33. The largest absolute Gasteiger partial charge is 0.333 e. The van der Waals surface area contributed by atoms with Gasteiger partial charge in [-0.2, -0.15) is 0 Å². The molecule has 1 aromatic carbocycles. The summed E-state index contributed by atoms with van der Waals surface area (Å²) in [5.74, 6) is 6.80. The standard InChI is InChI=1S/C16H22N4/c1-2-9-20-10-8-18-16(20)15(19-17)14-7-6-12-4-3-5-13(12)11-14/h6-8,10-11,15,19H,2-5,9,17H2,1H3. The number of hydrogen-bond acceptors (Lipinski definition) is 3. The molecule has 1 atom stereocenters. The average Bonchev–Trinajstić information content (AvgIpc) is 3.09. The van der Waals surface area contributed by atoms with Crippen molar-refractivity contribution < 1.29 is 0 Å². The average molecular weight is 270 g/mol. The summed E-state index contributed by atoms with van der Waals surface area (Å²) in [5, 5.41) is 0. The van der Waals surface area contributed by atoms with E-state index in [2.05, 4.69) is 40.1 Å². The maximum Gasteiger partial charge on any atom is 0.131 e. The number of hydrazine groups is 1. The van der Waals surface area contributed by atoms with Crippen LogP contribution in [0.1, 0.15) is 48.3 Å². The second-order valence-corrected chi connectivity index (χ2v) is 5.46. The third-order valence-corrected chi connectivity index (χ3v) is 4.09. The van der Waals surface area contributed by atoms with Gasteiger partial charge in [-0.3, -0.25) is 5.84 Å². The van der Waals surface area contributed by atoms with Crippen LogP contribution in [0.3, 0.4) is 0 Å². The fraction of sp³-hybridized carbons (Fsp3) is 0.438. The highest BCUT2D eigenvalue weighted by atomic mass is 15.3. The molecule has 1 aromatic heterocycles. The molecular weight excluding hydrogens is 248 g/mol. The SMILES string of the molecule is CCCn1ccnc1C(NN)c1ccc2c(c1)CCC2. The third kappa shape index (κ3) is 2.37. The number of aromatic nitrogens is 2. The van der Waals surface area contributed by atoms with E-state index >= 15 is 0 Å². The lowest BCUT2D eigenvalue weighted by molar-refractivity contribution is 0.545. The van der Waals surface area contributed by atoms with Gasteiger partial charge in [-0.25, -0.2) is 10.4 Å². The van der Waals surface area contributed by atoms with Crippen LogP contribution in [-0.4, -0.2) is 9.55 Å². The number of nitrogens with one attached hydrogen (secondary N) is 1. The maximum absolute atomic E-state index is 5.80. The van der Waals surface area contributed by atoms with E-state index in [-0.39, 0.29) is 6.04 Å². The van der Waals surface area contributed by atoms with E-state index in [4.69, 9.17) is 5.84 Å². The van der Waals surface area contributed by atoms with Gasteiger partial charge in [0, 0.05) is 18.9 Å². The van der Waals surface area contributed by atoms with Crippen molar-refractivity contribution >= 4 is 0 Å². The van der Waals surface area contributed by atoms with Gasteiger partial charge in [-0.1, -0.05) is 25.1 Å². The monoisotopic (exact) mass is 270 g/mol. The van der Waals surface area contributed by atoms with E-state index in [1.165, 1.54) is 36.0 Å².